The maximum atomic E-state index is 12.7. The molecule has 0 atom stereocenters. The Balaban J connectivity index is 1.23. The van der Waals surface area contributed by atoms with Crippen LogP contribution >= 0.6 is 11.3 Å². The van der Waals surface area contributed by atoms with Gasteiger partial charge in [0, 0.05) is 11.4 Å². The van der Waals surface area contributed by atoms with Crippen molar-refractivity contribution in [2.24, 2.45) is 23.2 Å². The van der Waals surface area contributed by atoms with Crippen molar-refractivity contribution in [1.29, 1.82) is 0 Å². The van der Waals surface area contributed by atoms with Crippen LogP contribution in [-0.4, -0.2) is 28.5 Å². The van der Waals surface area contributed by atoms with Gasteiger partial charge in [0.25, 0.3) is 5.56 Å². The minimum absolute atomic E-state index is 0.0811. The second-order valence-corrected chi connectivity index (χ2v) is 11.2. The number of aryl methyl sites for hydroxylation is 2. The van der Waals surface area contributed by atoms with Gasteiger partial charge >= 0.3 is 0 Å². The van der Waals surface area contributed by atoms with Gasteiger partial charge in [-0.25, -0.2) is 4.98 Å². The summed E-state index contributed by atoms with van der Waals surface area (Å²) < 4.78 is 0. The summed E-state index contributed by atoms with van der Waals surface area (Å²) >= 11 is 1.75. The fourth-order valence-corrected chi connectivity index (χ4v) is 8.77. The van der Waals surface area contributed by atoms with Gasteiger partial charge in [-0.15, -0.1) is 11.3 Å². The van der Waals surface area contributed by atoms with E-state index in [1.807, 2.05) is 0 Å². The average Bonchev–Trinajstić information content (AvgIpc) is 3.12. The molecule has 0 radical (unpaired) electrons. The van der Waals surface area contributed by atoms with Crippen molar-refractivity contribution in [3.8, 4) is 0 Å². The standard InChI is InChI=1S/C22H29N3OS/c1-25(12-22-8-13-5-14(9-22)7-15(6-13)10-22)11-18-23-20(26)19-16-3-2-4-17(16)27-21(19)24-18/h13-15H,2-12H2,1H3,(H,23,24,26). The Morgan fingerprint density at radius 2 is 1.85 bits per heavy atom. The SMILES string of the molecule is CN(Cc1nc2sc3c(c2c(=O)[nH]1)CCC3)CC12CC3CC(CC(C3)C1)C2. The van der Waals surface area contributed by atoms with E-state index in [0.29, 0.717) is 5.41 Å². The second kappa shape index (κ2) is 5.90. The molecule has 7 rings (SSSR count). The molecule has 4 nitrogen and oxygen atoms in total. The number of nitrogens with zero attached hydrogens (tertiary/aromatic N) is 2. The van der Waals surface area contributed by atoms with Gasteiger partial charge in [-0.1, -0.05) is 0 Å². The van der Waals surface area contributed by atoms with Crippen molar-refractivity contribution in [2.45, 2.75) is 64.3 Å². The molecule has 0 spiro atoms. The number of rotatable bonds is 4. The number of thiophene rings is 1. The van der Waals surface area contributed by atoms with Crippen LogP contribution in [0.5, 0.6) is 0 Å². The maximum Gasteiger partial charge on any atom is 0.259 e. The number of hydrogen-bond acceptors (Lipinski definition) is 4. The fourth-order valence-electron chi connectivity index (χ4n) is 7.49. The van der Waals surface area contributed by atoms with Crippen LogP contribution in [0.4, 0.5) is 0 Å². The first-order valence-corrected chi connectivity index (χ1v) is 11.6. The van der Waals surface area contributed by atoms with E-state index in [4.69, 9.17) is 4.98 Å². The highest BCUT2D eigenvalue weighted by Gasteiger charge is 2.51. The van der Waals surface area contributed by atoms with Crippen LogP contribution in [0, 0.1) is 23.2 Å². The van der Waals surface area contributed by atoms with Crippen LogP contribution < -0.4 is 5.56 Å². The van der Waals surface area contributed by atoms with Crippen molar-refractivity contribution in [3.05, 3.63) is 26.6 Å². The Hall–Kier alpha value is -1.20. The zero-order chi connectivity index (χ0) is 18.2. The lowest BCUT2D eigenvalue weighted by Crippen LogP contribution is -2.50. The van der Waals surface area contributed by atoms with Gasteiger partial charge in [-0.05, 0) is 93.6 Å². The van der Waals surface area contributed by atoms with E-state index in [1.54, 1.807) is 11.3 Å². The van der Waals surface area contributed by atoms with E-state index in [9.17, 15) is 4.79 Å². The lowest BCUT2D eigenvalue weighted by atomic mass is 9.49. The Kier molecular flexibility index (Phi) is 3.65. The molecule has 4 saturated carbocycles. The zero-order valence-corrected chi connectivity index (χ0v) is 17.0. The fraction of sp³-hybridized carbons (Fsp3) is 0.727. The predicted molar refractivity (Wildman–Crippen MR) is 109 cm³/mol. The molecule has 2 aromatic heterocycles. The van der Waals surface area contributed by atoms with Crippen LogP contribution in [0.1, 0.15) is 61.2 Å². The average molecular weight is 384 g/mol. The number of aromatic nitrogens is 2. The third-order valence-corrected chi connectivity index (χ3v) is 9.00. The summed E-state index contributed by atoms with van der Waals surface area (Å²) in [6, 6.07) is 0. The summed E-state index contributed by atoms with van der Waals surface area (Å²) in [7, 11) is 2.22. The largest absolute Gasteiger partial charge is 0.309 e. The summed E-state index contributed by atoms with van der Waals surface area (Å²) in [4.78, 5) is 25.4. The molecule has 5 heteroatoms. The van der Waals surface area contributed by atoms with E-state index in [1.165, 1.54) is 61.9 Å². The first-order chi connectivity index (χ1) is 13.1. The highest BCUT2D eigenvalue weighted by Crippen LogP contribution is 2.60. The van der Waals surface area contributed by atoms with Crippen molar-refractivity contribution in [3.63, 3.8) is 0 Å². The lowest BCUT2D eigenvalue weighted by Gasteiger charge is -2.57. The van der Waals surface area contributed by atoms with Crippen LogP contribution in [-0.2, 0) is 19.4 Å². The summed E-state index contributed by atoms with van der Waals surface area (Å²) in [5.41, 5.74) is 1.90. The van der Waals surface area contributed by atoms with Gasteiger partial charge in [0.05, 0.1) is 11.9 Å². The van der Waals surface area contributed by atoms with Gasteiger partial charge in [-0.2, -0.15) is 0 Å². The molecule has 5 aliphatic rings. The number of H-pyrrole nitrogens is 1. The van der Waals surface area contributed by atoms with Gasteiger partial charge < -0.3 is 4.98 Å². The minimum Gasteiger partial charge on any atom is -0.309 e. The molecule has 4 fully saturated rings. The number of fused-ring (bicyclic) bond motifs is 3. The maximum absolute atomic E-state index is 12.7. The van der Waals surface area contributed by atoms with E-state index < -0.39 is 0 Å². The Morgan fingerprint density at radius 3 is 2.56 bits per heavy atom. The van der Waals surface area contributed by atoms with Crippen LogP contribution in [0.2, 0.25) is 0 Å². The molecule has 5 aliphatic carbocycles. The minimum atomic E-state index is 0.0811. The highest BCUT2D eigenvalue weighted by atomic mass is 32.1. The molecule has 144 valence electrons. The second-order valence-electron chi connectivity index (χ2n) is 10.1. The summed E-state index contributed by atoms with van der Waals surface area (Å²) in [5.74, 6) is 3.83. The quantitative estimate of drug-likeness (QED) is 0.864. The van der Waals surface area contributed by atoms with Gasteiger partial charge in [0.2, 0.25) is 0 Å². The topological polar surface area (TPSA) is 49.0 Å². The highest BCUT2D eigenvalue weighted by molar-refractivity contribution is 7.18. The van der Waals surface area contributed by atoms with E-state index >= 15 is 0 Å². The Morgan fingerprint density at radius 1 is 1.15 bits per heavy atom. The van der Waals surface area contributed by atoms with Gasteiger partial charge in [0.1, 0.15) is 10.7 Å². The number of hydrogen-bond donors (Lipinski definition) is 1. The third kappa shape index (κ3) is 2.72. The molecule has 27 heavy (non-hydrogen) atoms. The van der Waals surface area contributed by atoms with Crippen molar-refractivity contribution >= 4 is 21.6 Å². The van der Waals surface area contributed by atoms with Crippen LogP contribution in [0.15, 0.2) is 4.79 Å². The predicted octanol–water partition coefficient (Wildman–Crippen LogP) is 4.12. The number of aromatic amines is 1. The van der Waals surface area contributed by atoms with Crippen molar-refractivity contribution in [1.82, 2.24) is 14.9 Å². The monoisotopic (exact) mass is 383 g/mol. The molecule has 0 saturated heterocycles. The third-order valence-electron chi connectivity index (χ3n) is 7.81. The van der Waals surface area contributed by atoms with Crippen molar-refractivity contribution in [2.75, 3.05) is 13.6 Å². The Bertz CT molecular complexity index is 923. The van der Waals surface area contributed by atoms with Crippen molar-refractivity contribution < 1.29 is 0 Å². The Labute approximate surface area is 164 Å². The van der Waals surface area contributed by atoms with Gasteiger partial charge in [-0.3, -0.25) is 9.69 Å². The molecular formula is C22H29N3OS. The van der Waals surface area contributed by atoms with Crippen LogP contribution in [0.25, 0.3) is 10.2 Å². The van der Waals surface area contributed by atoms with Gasteiger partial charge in [0.15, 0.2) is 0 Å². The van der Waals surface area contributed by atoms with E-state index in [-0.39, 0.29) is 5.56 Å². The lowest BCUT2D eigenvalue weighted by molar-refractivity contribution is -0.0672. The molecule has 1 N–H and O–H groups in total. The summed E-state index contributed by atoms with van der Waals surface area (Å²) in [6.07, 6.45) is 12.2. The molecule has 2 aromatic rings. The van der Waals surface area contributed by atoms with Crippen LogP contribution in [0.3, 0.4) is 0 Å². The first-order valence-electron chi connectivity index (χ1n) is 10.8. The number of nitrogens with one attached hydrogen (secondary N) is 1. The molecular weight excluding hydrogens is 354 g/mol. The normalized spacial score (nSPS) is 34.1. The van der Waals surface area contributed by atoms with E-state index in [0.717, 1.165) is 53.2 Å². The molecule has 0 unspecified atom stereocenters. The summed E-state index contributed by atoms with van der Waals surface area (Å²) in [6.45, 7) is 1.93. The molecule has 2 heterocycles. The molecule has 0 aliphatic heterocycles. The first kappa shape index (κ1) is 16.7. The molecule has 4 bridgehead atoms. The zero-order valence-electron chi connectivity index (χ0n) is 16.2. The molecule has 0 amide bonds. The smallest absolute Gasteiger partial charge is 0.259 e. The van der Waals surface area contributed by atoms with E-state index in [2.05, 4.69) is 16.9 Å². The molecule has 0 aromatic carbocycles. The summed E-state index contributed by atoms with van der Waals surface area (Å²) in [5, 5.41) is 0.875.